The molecule has 0 spiro atoms. The minimum absolute atomic E-state index is 0.0499. The van der Waals surface area contributed by atoms with E-state index in [-0.39, 0.29) is 5.75 Å². The minimum atomic E-state index is -1.30. The summed E-state index contributed by atoms with van der Waals surface area (Å²) < 4.78 is 31.0. The fourth-order valence-electron chi connectivity index (χ4n) is 1.04. The number of methoxy groups -OCH3 is 1. The van der Waals surface area contributed by atoms with Crippen molar-refractivity contribution in [2.24, 2.45) is 5.73 Å². The van der Waals surface area contributed by atoms with E-state index in [9.17, 15) is 8.78 Å². The third kappa shape index (κ3) is 1.80. The second-order valence-electron chi connectivity index (χ2n) is 2.61. The van der Waals surface area contributed by atoms with Crippen LogP contribution in [0.5, 0.6) is 5.75 Å². The van der Waals surface area contributed by atoms with Crippen molar-refractivity contribution in [3.8, 4) is 11.8 Å². The molecular formula is C9H8F2N2O. The molecule has 1 aromatic carbocycles. The third-order valence-electron chi connectivity index (χ3n) is 1.74. The first-order chi connectivity index (χ1) is 6.60. The Balaban J connectivity index is 3.26. The molecule has 5 heteroatoms. The quantitative estimate of drug-likeness (QED) is 0.783. The van der Waals surface area contributed by atoms with Crippen LogP contribution in [0.15, 0.2) is 12.1 Å². The fourth-order valence-corrected chi connectivity index (χ4v) is 1.04. The SMILES string of the molecule is COc1cc(F)c([C@@H](N)C#N)c(F)c1. The van der Waals surface area contributed by atoms with Gasteiger partial charge < -0.3 is 10.5 Å². The number of ether oxygens (including phenoxy) is 1. The van der Waals surface area contributed by atoms with Crippen molar-refractivity contribution in [2.75, 3.05) is 7.11 Å². The molecule has 1 aromatic rings. The lowest BCUT2D eigenvalue weighted by atomic mass is 10.1. The molecule has 14 heavy (non-hydrogen) atoms. The Morgan fingerprint density at radius 3 is 2.29 bits per heavy atom. The number of halogens is 2. The third-order valence-corrected chi connectivity index (χ3v) is 1.74. The Kier molecular flexibility index (Phi) is 2.99. The van der Waals surface area contributed by atoms with Crippen molar-refractivity contribution in [1.82, 2.24) is 0 Å². The molecule has 74 valence electrons. The average molecular weight is 198 g/mol. The molecule has 0 aliphatic heterocycles. The van der Waals surface area contributed by atoms with Gasteiger partial charge in [-0.05, 0) is 0 Å². The zero-order valence-corrected chi connectivity index (χ0v) is 7.42. The summed E-state index contributed by atoms with van der Waals surface area (Å²) in [7, 11) is 1.29. The second kappa shape index (κ2) is 4.03. The van der Waals surface area contributed by atoms with Gasteiger partial charge in [0.1, 0.15) is 23.4 Å². The van der Waals surface area contributed by atoms with Gasteiger partial charge >= 0.3 is 0 Å². The van der Waals surface area contributed by atoms with Crippen LogP contribution in [0.3, 0.4) is 0 Å². The van der Waals surface area contributed by atoms with Gasteiger partial charge in [0.15, 0.2) is 0 Å². The molecule has 0 amide bonds. The van der Waals surface area contributed by atoms with Gasteiger partial charge in [-0.25, -0.2) is 8.78 Å². The van der Waals surface area contributed by atoms with Gasteiger partial charge in [0.25, 0.3) is 0 Å². The molecule has 0 aliphatic carbocycles. The number of nitriles is 1. The summed E-state index contributed by atoms with van der Waals surface area (Å²) in [6.45, 7) is 0. The van der Waals surface area contributed by atoms with Crippen molar-refractivity contribution in [3.63, 3.8) is 0 Å². The number of benzene rings is 1. The zero-order valence-electron chi connectivity index (χ0n) is 7.42. The van der Waals surface area contributed by atoms with Crippen molar-refractivity contribution < 1.29 is 13.5 Å². The maximum Gasteiger partial charge on any atom is 0.135 e. The molecule has 2 N–H and O–H groups in total. The van der Waals surface area contributed by atoms with E-state index >= 15 is 0 Å². The maximum absolute atomic E-state index is 13.2. The van der Waals surface area contributed by atoms with Crippen molar-refractivity contribution in [1.29, 1.82) is 5.26 Å². The van der Waals surface area contributed by atoms with E-state index in [0.717, 1.165) is 12.1 Å². The standard InChI is InChI=1S/C9H8F2N2O/c1-14-5-2-6(10)9(7(11)3-5)8(13)4-12/h2-3,8H,13H2,1H3/t8-/m0/s1. The highest BCUT2D eigenvalue weighted by Crippen LogP contribution is 2.24. The van der Waals surface area contributed by atoms with Crippen LogP contribution in [0.2, 0.25) is 0 Å². The number of rotatable bonds is 2. The molecule has 0 saturated heterocycles. The second-order valence-corrected chi connectivity index (χ2v) is 2.61. The molecular weight excluding hydrogens is 190 g/mol. The Bertz CT molecular complexity index is 364. The lowest BCUT2D eigenvalue weighted by Gasteiger charge is -2.08. The highest BCUT2D eigenvalue weighted by molar-refractivity contribution is 5.34. The van der Waals surface area contributed by atoms with Crippen LogP contribution in [-0.2, 0) is 0 Å². The van der Waals surface area contributed by atoms with Crippen molar-refractivity contribution in [3.05, 3.63) is 29.3 Å². The van der Waals surface area contributed by atoms with E-state index in [1.54, 1.807) is 6.07 Å². The number of nitrogens with zero attached hydrogens (tertiary/aromatic N) is 1. The van der Waals surface area contributed by atoms with Crippen LogP contribution in [0.1, 0.15) is 11.6 Å². The largest absolute Gasteiger partial charge is 0.497 e. The summed E-state index contributed by atoms with van der Waals surface area (Å²) >= 11 is 0. The molecule has 0 unspecified atom stereocenters. The molecule has 1 rings (SSSR count). The highest BCUT2D eigenvalue weighted by Gasteiger charge is 2.17. The molecule has 0 radical (unpaired) electrons. The van der Waals surface area contributed by atoms with E-state index in [4.69, 9.17) is 11.0 Å². The predicted octanol–water partition coefficient (Wildman–Crippen LogP) is 1.50. The summed E-state index contributed by atoms with van der Waals surface area (Å²) in [6, 6.07) is 2.22. The van der Waals surface area contributed by atoms with Gasteiger partial charge in [-0.2, -0.15) is 5.26 Å². The summed E-state index contributed by atoms with van der Waals surface area (Å²) in [4.78, 5) is 0. The number of hydrogen-bond acceptors (Lipinski definition) is 3. The molecule has 0 bridgehead atoms. The first-order valence-electron chi connectivity index (χ1n) is 3.78. The minimum Gasteiger partial charge on any atom is -0.497 e. The van der Waals surface area contributed by atoms with Crippen molar-refractivity contribution >= 4 is 0 Å². The van der Waals surface area contributed by atoms with Crippen molar-refractivity contribution in [2.45, 2.75) is 6.04 Å². The van der Waals surface area contributed by atoms with E-state index in [0.29, 0.717) is 0 Å². The first kappa shape index (κ1) is 10.4. The molecule has 0 heterocycles. The zero-order chi connectivity index (χ0) is 10.7. The smallest absolute Gasteiger partial charge is 0.135 e. The van der Waals surface area contributed by atoms with Gasteiger partial charge in [-0.1, -0.05) is 0 Å². The predicted molar refractivity (Wildman–Crippen MR) is 45.5 cm³/mol. The van der Waals surface area contributed by atoms with E-state index < -0.39 is 23.2 Å². The van der Waals surface area contributed by atoms with Crippen LogP contribution in [0, 0.1) is 23.0 Å². The Hall–Kier alpha value is -1.67. The summed E-state index contributed by atoms with van der Waals surface area (Å²) in [5.41, 5.74) is 4.77. The number of nitrogens with two attached hydrogens (primary N) is 1. The highest BCUT2D eigenvalue weighted by atomic mass is 19.1. The molecule has 0 aliphatic rings. The molecule has 0 aromatic heterocycles. The first-order valence-corrected chi connectivity index (χ1v) is 3.78. The average Bonchev–Trinajstić information content (AvgIpc) is 2.16. The van der Waals surface area contributed by atoms with E-state index in [1.165, 1.54) is 7.11 Å². The normalized spacial score (nSPS) is 11.9. The van der Waals surface area contributed by atoms with Crippen LogP contribution < -0.4 is 10.5 Å². The summed E-state index contributed by atoms with van der Waals surface area (Å²) in [5, 5.41) is 8.42. The van der Waals surface area contributed by atoms with Crippen LogP contribution in [0.25, 0.3) is 0 Å². The molecule has 0 fully saturated rings. The Morgan fingerprint density at radius 1 is 1.43 bits per heavy atom. The van der Waals surface area contributed by atoms with E-state index in [2.05, 4.69) is 4.74 Å². The van der Waals surface area contributed by atoms with Gasteiger partial charge in [-0.3, -0.25) is 0 Å². The maximum atomic E-state index is 13.2. The monoisotopic (exact) mass is 198 g/mol. The van der Waals surface area contributed by atoms with Crippen LogP contribution >= 0.6 is 0 Å². The molecule has 3 nitrogen and oxygen atoms in total. The topological polar surface area (TPSA) is 59.0 Å². The number of hydrogen-bond donors (Lipinski definition) is 1. The lowest BCUT2D eigenvalue weighted by Crippen LogP contribution is -2.12. The van der Waals surface area contributed by atoms with Crippen LogP contribution in [-0.4, -0.2) is 7.11 Å². The van der Waals surface area contributed by atoms with Gasteiger partial charge in [-0.15, -0.1) is 0 Å². The molecule has 1 atom stereocenters. The lowest BCUT2D eigenvalue weighted by molar-refractivity contribution is 0.404. The Morgan fingerprint density at radius 2 is 1.93 bits per heavy atom. The Labute approximate surface area is 79.7 Å². The van der Waals surface area contributed by atoms with Gasteiger partial charge in [0.05, 0.1) is 18.7 Å². The summed E-state index contributed by atoms with van der Waals surface area (Å²) in [5.74, 6) is -1.71. The summed E-state index contributed by atoms with van der Waals surface area (Å²) in [6.07, 6.45) is 0. The van der Waals surface area contributed by atoms with Gasteiger partial charge in [0, 0.05) is 12.1 Å². The van der Waals surface area contributed by atoms with Gasteiger partial charge in [0.2, 0.25) is 0 Å². The van der Waals surface area contributed by atoms with E-state index in [1.807, 2.05) is 0 Å². The molecule has 0 saturated carbocycles. The van der Waals surface area contributed by atoms with Crippen LogP contribution in [0.4, 0.5) is 8.78 Å². The fraction of sp³-hybridized carbons (Fsp3) is 0.222.